The molecule has 0 aliphatic heterocycles. The molecule has 12 nitrogen and oxygen atoms in total. The fraction of sp³-hybridized carbons (Fsp3) is 0.364. The third-order valence-corrected chi connectivity index (χ3v) is 11.2. The van der Waals surface area contributed by atoms with Gasteiger partial charge in [-0.05, 0) is 121 Å². The van der Waals surface area contributed by atoms with E-state index >= 15 is 0 Å². The smallest absolute Gasteiger partial charge is 0.307 e. The Balaban J connectivity index is 0.000000320. The second kappa shape index (κ2) is 24.4. The summed E-state index contributed by atoms with van der Waals surface area (Å²) in [6.45, 7) is 0. The Kier molecular flexibility index (Phi) is 20.1. The lowest BCUT2D eigenvalue weighted by atomic mass is 9.80. The Morgan fingerprint density at radius 2 is 0.700 bits per heavy atom. The van der Waals surface area contributed by atoms with Crippen LogP contribution in [0.4, 0.5) is 0 Å². The SMILES string of the molecule is COc1cc(C[C@@H](CCC(=O)O)[C@@H](Cc2ccc(Cl)c(OC)c2)C(=O)O)ccc1Cl.COc1cc(C[C@H](CCC(=O)O)[C@H](Cc2ccc(Cl)c(OC)c2)C(=O)O)ccc1Cl. The highest BCUT2D eigenvalue weighted by Gasteiger charge is 2.31. The highest BCUT2D eigenvalue weighted by Crippen LogP contribution is 2.34. The second-order valence-corrected chi connectivity index (χ2v) is 15.6. The van der Waals surface area contributed by atoms with E-state index in [4.69, 9.17) is 75.6 Å². The molecule has 0 unspecified atom stereocenters. The van der Waals surface area contributed by atoms with Crippen LogP contribution >= 0.6 is 46.4 Å². The molecule has 60 heavy (non-hydrogen) atoms. The summed E-state index contributed by atoms with van der Waals surface area (Å²) in [6, 6.07) is 20.7. The number of hydrogen-bond acceptors (Lipinski definition) is 8. The minimum absolute atomic E-state index is 0.122. The van der Waals surface area contributed by atoms with Gasteiger partial charge < -0.3 is 39.4 Å². The Labute approximate surface area is 368 Å². The molecule has 4 atom stereocenters. The summed E-state index contributed by atoms with van der Waals surface area (Å²) >= 11 is 24.3. The molecule has 4 rings (SSSR count). The number of carboxylic acids is 4. The van der Waals surface area contributed by atoms with Crippen LogP contribution in [0.5, 0.6) is 23.0 Å². The normalized spacial score (nSPS) is 12.8. The maximum absolute atomic E-state index is 12.1. The maximum Gasteiger partial charge on any atom is 0.307 e. The van der Waals surface area contributed by atoms with E-state index in [1.54, 1.807) is 72.8 Å². The molecule has 0 spiro atoms. The molecule has 0 fully saturated rings. The molecule has 0 amide bonds. The summed E-state index contributed by atoms with van der Waals surface area (Å²) in [5.41, 5.74) is 3.15. The third kappa shape index (κ3) is 15.3. The van der Waals surface area contributed by atoms with Crippen LogP contribution in [0.25, 0.3) is 0 Å². The first kappa shape index (κ1) is 49.5. The molecule has 0 aromatic heterocycles. The van der Waals surface area contributed by atoms with Crippen LogP contribution in [0.15, 0.2) is 72.8 Å². The number of ether oxygens (including phenoxy) is 4. The van der Waals surface area contributed by atoms with Gasteiger partial charge in [0, 0.05) is 12.8 Å². The van der Waals surface area contributed by atoms with Gasteiger partial charge in [0.25, 0.3) is 0 Å². The lowest BCUT2D eigenvalue weighted by Gasteiger charge is -2.24. The molecule has 0 heterocycles. The van der Waals surface area contributed by atoms with E-state index in [1.807, 2.05) is 0 Å². The Morgan fingerprint density at radius 1 is 0.450 bits per heavy atom. The number of hydrogen-bond donors (Lipinski definition) is 4. The van der Waals surface area contributed by atoms with Crippen molar-refractivity contribution >= 4 is 70.3 Å². The van der Waals surface area contributed by atoms with Crippen LogP contribution < -0.4 is 18.9 Å². The van der Waals surface area contributed by atoms with Crippen molar-refractivity contribution in [1.82, 2.24) is 0 Å². The van der Waals surface area contributed by atoms with Gasteiger partial charge in [0.2, 0.25) is 0 Å². The average molecular weight is 911 g/mol. The van der Waals surface area contributed by atoms with Crippen molar-refractivity contribution in [3.05, 3.63) is 115 Å². The Bertz CT molecular complexity index is 1950. The first-order chi connectivity index (χ1) is 28.5. The van der Waals surface area contributed by atoms with Crippen molar-refractivity contribution in [2.75, 3.05) is 28.4 Å². The lowest BCUT2D eigenvalue weighted by molar-refractivity contribution is -0.145. The Morgan fingerprint density at radius 3 is 0.917 bits per heavy atom. The summed E-state index contributed by atoms with van der Waals surface area (Å²) in [5.74, 6) is -4.42. The summed E-state index contributed by atoms with van der Waals surface area (Å²) < 4.78 is 20.9. The van der Waals surface area contributed by atoms with Gasteiger partial charge >= 0.3 is 23.9 Å². The van der Waals surface area contributed by atoms with Gasteiger partial charge in [-0.25, -0.2) is 0 Å². The molecule has 16 heteroatoms. The van der Waals surface area contributed by atoms with Crippen molar-refractivity contribution in [1.29, 1.82) is 0 Å². The molecular weight excluding hydrogens is 862 g/mol. The van der Waals surface area contributed by atoms with Crippen LogP contribution in [-0.2, 0) is 44.9 Å². The van der Waals surface area contributed by atoms with Crippen molar-refractivity contribution in [2.45, 2.75) is 51.4 Å². The molecule has 0 bridgehead atoms. The predicted octanol–water partition coefficient (Wildman–Crippen LogP) is 9.96. The first-order valence-corrected chi connectivity index (χ1v) is 20.2. The zero-order valence-electron chi connectivity index (χ0n) is 33.5. The molecule has 0 aliphatic rings. The number of methoxy groups -OCH3 is 4. The van der Waals surface area contributed by atoms with E-state index in [0.29, 0.717) is 55.9 Å². The molecule has 4 aromatic carbocycles. The van der Waals surface area contributed by atoms with Crippen molar-refractivity contribution in [3.63, 3.8) is 0 Å². The molecule has 4 N–H and O–H groups in total. The fourth-order valence-electron chi connectivity index (χ4n) is 6.86. The van der Waals surface area contributed by atoms with E-state index in [-0.39, 0.29) is 38.5 Å². The summed E-state index contributed by atoms with van der Waals surface area (Å²) in [7, 11) is 5.98. The maximum atomic E-state index is 12.1. The van der Waals surface area contributed by atoms with Gasteiger partial charge in [-0.1, -0.05) is 70.7 Å². The van der Waals surface area contributed by atoms with Gasteiger partial charge in [0.15, 0.2) is 0 Å². The zero-order chi connectivity index (χ0) is 44.5. The second-order valence-electron chi connectivity index (χ2n) is 14.0. The fourth-order valence-corrected chi connectivity index (χ4v) is 7.64. The molecule has 0 saturated heterocycles. The van der Waals surface area contributed by atoms with Crippen LogP contribution in [-0.4, -0.2) is 72.7 Å². The minimum atomic E-state index is -0.986. The van der Waals surface area contributed by atoms with E-state index < -0.39 is 47.5 Å². The largest absolute Gasteiger partial charge is 0.495 e. The molecule has 0 radical (unpaired) electrons. The highest BCUT2D eigenvalue weighted by molar-refractivity contribution is 6.33. The van der Waals surface area contributed by atoms with Gasteiger partial charge in [0.1, 0.15) is 23.0 Å². The Hall–Kier alpha value is -4.88. The summed E-state index contributed by atoms with van der Waals surface area (Å²) in [5, 5.41) is 39.9. The predicted molar refractivity (Wildman–Crippen MR) is 230 cm³/mol. The van der Waals surface area contributed by atoms with Crippen LogP contribution in [0.3, 0.4) is 0 Å². The van der Waals surface area contributed by atoms with Crippen LogP contribution in [0.1, 0.15) is 47.9 Å². The van der Waals surface area contributed by atoms with E-state index in [0.717, 1.165) is 22.3 Å². The van der Waals surface area contributed by atoms with E-state index in [9.17, 15) is 29.4 Å². The number of carboxylic acid groups (broad SMARTS) is 4. The lowest BCUT2D eigenvalue weighted by Crippen LogP contribution is -2.28. The number of benzene rings is 4. The molecular formula is C44H48Cl4O12. The number of carbonyl (C=O) groups is 4. The zero-order valence-corrected chi connectivity index (χ0v) is 36.5. The van der Waals surface area contributed by atoms with Crippen molar-refractivity contribution in [3.8, 4) is 23.0 Å². The summed E-state index contributed by atoms with van der Waals surface area (Å²) in [6.07, 6.45) is 1.40. The van der Waals surface area contributed by atoms with Gasteiger partial charge in [-0.15, -0.1) is 0 Å². The first-order valence-electron chi connectivity index (χ1n) is 18.7. The topological polar surface area (TPSA) is 186 Å². The number of aliphatic carboxylic acids is 4. The third-order valence-electron chi connectivity index (χ3n) is 10.00. The highest BCUT2D eigenvalue weighted by atomic mass is 35.5. The van der Waals surface area contributed by atoms with Crippen molar-refractivity contribution in [2.24, 2.45) is 23.7 Å². The number of rotatable bonds is 22. The molecule has 4 aromatic rings. The van der Waals surface area contributed by atoms with Crippen LogP contribution in [0, 0.1) is 23.7 Å². The quantitative estimate of drug-likeness (QED) is 0.0586. The van der Waals surface area contributed by atoms with E-state index in [1.165, 1.54) is 28.4 Å². The average Bonchev–Trinajstić information content (AvgIpc) is 3.21. The van der Waals surface area contributed by atoms with Crippen LogP contribution in [0.2, 0.25) is 20.1 Å². The standard InChI is InChI=1S/2C22H24Cl2O6/c2*1-29-19-11-13(3-6-17(19)23)9-15(5-8-21(25)26)16(22(27)28)10-14-4-7-18(24)20(12-14)30-2/h2*3-4,6-7,11-12,15-16H,5,8-10H2,1-2H3,(H,25,26)(H,27,28)/t2*15-,16-/m10/s1. The van der Waals surface area contributed by atoms with Gasteiger partial charge in [0.05, 0.1) is 60.4 Å². The molecule has 0 saturated carbocycles. The molecule has 324 valence electrons. The van der Waals surface area contributed by atoms with Gasteiger partial charge in [-0.3, -0.25) is 19.2 Å². The van der Waals surface area contributed by atoms with Crippen molar-refractivity contribution < 1.29 is 58.6 Å². The minimum Gasteiger partial charge on any atom is -0.495 e. The van der Waals surface area contributed by atoms with E-state index in [2.05, 4.69) is 0 Å². The summed E-state index contributed by atoms with van der Waals surface area (Å²) in [4.78, 5) is 46.6. The monoisotopic (exact) mass is 908 g/mol. The molecule has 0 aliphatic carbocycles. The number of halogens is 4. The van der Waals surface area contributed by atoms with Gasteiger partial charge in [-0.2, -0.15) is 0 Å².